The minimum atomic E-state index is -0.833. The molecular weight excluding hydrogens is 483 g/mol. The Balaban J connectivity index is 0.000000674. The molecule has 0 spiro atoms. The number of benzene rings is 3. The maximum Gasteiger partial charge on any atom is 1.00 e. The summed E-state index contributed by atoms with van der Waals surface area (Å²) >= 11 is 1.45. The van der Waals surface area contributed by atoms with Gasteiger partial charge in [-0.3, -0.25) is 9.59 Å². The summed E-state index contributed by atoms with van der Waals surface area (Å²) in [5.41, 5.74) is 5.33. The number of nitrogens with zero attached hydrogens (tertiary/aromatic N) is 2. The number of methoxy groups -OCH3 is 1. The number of ether oxygens (including phenoxy) is 1. The predicted molar refractivity (Wildman–Crippen MR) is 141 cm³/mol. The number of amides is 1. The van der Waals surface area contributed by atoms with Crippen LogP contribution in [-0.4, -0.2) is 29.1 Å². The van der Waals surface area contributed by atoms with E-state index in [2.05, 4.69) is 28.2 Å². The average molecular weight is 507 g/mol. The van der Waals surface area contributed by atoms with Crippen molar-refractivity contribution in [3.63, 3.8) is 0 Å². The Morgan fingerprint density at radius 2 is 1.67 bits per heavy atom. The first kappa shape index (κ1) is 27.5. The molecule has 3 aromatic carbocycles. The van der Waals surface area contributed by atoms with E-state index in [0.29, 0.717) is 11.3 Å². The van der Waals surface area contributed by atoms with Gasteiger partial charge in [0.1, 0.15) is 5.75 Å². The summed E-state index contributed by atoms with van der Waals surface area (Å²) in [4.78, 5) is 30.6. The first-order valence-electron chi connectivity index (χ1n) is 10.9. The van der Waals surface area contributed by atoms with E-state index in [4.69, 9.17) is 14.6 Å². The molecule has 1 N–H and O–H groups in total. The molecule has 0 aliphatic carbocycles. The molecule has 4 aromatic rings. The van der Waals surface area contributed by atoms with Crippen molar-refractivity contribution in [1.82, 2.24) is 4.98 Å². The second kappa shape index (κ2) is 12.7. The van der Waals surface area contributed by atoms with Gasteiger partial charge >= 0.3 is 29.6 Å². The molecule has 0 unspecified atom stereocenters. The van der Waals surface area contributed by atoms with E-state index < -0.39 is 5.97 Å². The van der Waals surface area contributed by atoms with Gasteiger partial charge in [0.25, 0.3) is 11.9 Å². The summed E-state index contributed by atoms with van der Waals surface area (Å²) in [5, 5.41) is 9.35. The number of hydrogen-bond acceptors (Lipinski definition) is 4. The molecule has 1 amide bonds. The van der Waals surface area contributed by atoms with Gasteiger partial charge in [-0.1, -0.05) is 72.4 Å². The SMILES string of the molecule is CC(=O)O.COc1ccc(-c2ccc(/C=C3/SC(Cc4ccc5[n-]ccc5c4)=NC3=O)cc2)cc1.[Na+]. The Labute approximate surface area is 235 Å². The summed E-state index contributed by atoms with van der Waals surface area (Å²) in [6.07, 6.45) is 4.36. The van der Waals surface area contributed by atoms with Crippen molar-refractivity contribution in [2.45, 2.75) is 13.3 Å². The van der Waals surface area contributed by atoms with Crippen molar-refractivity contribution in [3.8, 4) is 16.9 Å². The Morgan fingerprint density at radius 3 is 2.31 bits per heavy atom. The van der Waals surface area contributed by atoms with Crippen molar-refractivity contribution in [3.05, 3.63) is 95.0 Å². The van der Waals surface area contributed by atoms with Crippen LogP contribution < -0.4 is 39.3 Å². The molecule has 36 heavy (non-hydrogen) atoms. The molecule has 176 valence electrons. The number of thioether (sulfide) groups is 1. The molecule has 8 heteroatoms. The molecule has 1 aromatic heterocycles. The Hall–Kier alpha value is -3.10. The summed E-state index contributed by atoms with van der Waals surface area (Å²) in [6.45, 7) is 1.08. The van der Waals surface area contributed by atoms with Gasteiger partial charge in [0, 0.05) is 13.3 Å². The summed E-state index contributed by atoms with van der Waals surface area (Å²) in [6, 6.07) is 24.3. The Bertz CT molecular complexity index is 1420. The molecule has 0 fully saturated rings. The Morgan fingerprint density at radius 1 is 1.03 bits per heavy atom. The van der Waals surface area contributed by atoms with Crippen LogP contribution in [0.3, 0.4) is 0 Å². The van der Waals surface area contributed by atoms with E-state index >= 15 is 0 Å². The molecule has 0 saturated heterocycles. The Kier molecular flexibility index (Phi) is 9.73. The van der Waals surface area contributed by atoms with Crippen molar-refractivity contribution in [2.24, 2.45) is 4.99 Å². The molecule has 0 saturated carbocycles. The van der Waals surface area contributed by atoms with Crippen LogP contribution in [0.5, 0.6) is 5.75 Å². The normalized spacial score (nSPS) is 13.6. The number of rotatable bonds is 5. The van der Waals surface area contributed by atoms with Gasteiger partial charge in [-0.05, 0) is 45.8 Å². The molecule has 0 atom stereocenters. The first-order chi connectivity index (χ1) is 16.9. The van der Waals surface area contributed by atoms with Gasteiger partial charge in [-0.15, -0.1) is 5.52 Å². The van der Waals surface area contributed by atoms with Crippen LogP contribution >= 0.6 is 11.8 Å². The van der Waals surface area contributed by atoms with Gasteiger partial charge < -0.3 is 14.8 Å². The molecule has 6 nitrogen and oxygen atoms in total. The van der Waals surface area contributed by atoms with E-state index in [-0.39, 0.29) is 35.5 Å². The standard InChI is InChI=1S/C26H19N2O2S.C2H4O2.Na/c1-30-22-9-7-20(8-10-22)19-5-2-17(3-6-19)15-24-26(29)28-25(31-24)16-18-4-11-23-21(14-18)12-13-27-23;1-2(3)4;/h2-15H,16H2,1H3;1H3,(H,3,4);/q-1;;+1/b24-15+;;. The zero-order chi connectivity index (χ0) is 24.8. The van der Waals surface area contributed by atoms with Crippen molar-refractivity contribution in [1.29, 1.82) is 0 Å². The number of aromatic nitrogens is 1. The minimum Gasteiger partial charge on any atom is -0.664 e. The van der Waals surface area contributed by atoms with Crippen LogP contribution in [0.25, 0.3) is 28.1 Å². The van der Waals surface area contributed by atoms with Crippen LogP contribution in [0.4, 0.5) is 0 Å². The summed E-state index contributed by atoms with van der Waals surface area (Å²) < 4.78 is 5.21. The number of hydrogen-bond donors (Lipinski definition) is 1. The second-order valence-electron chi connectivity index (χ2n) is 7.81. The average Bonchev–Trinajstić information content (AvgIpc) is 3.45. The molecule has 0 radical (unpaired) electrons. The number of carboxylic acids is 1. The molecule has 5 rings (SSSR count). The van der Waals surface area contributed by atoms with Crippen LogP contribution in [0.15, 0.2) is 88.9 Å². The maximum atomic E-state index is 12.4. The topological polar surface area (TPSA) is 90.1 Å². The van der Waals surface area contributed by atoms with Crippen molar-refractivity contribution >= 4 is 45.7 Å². The first-order valence-corrected chi connectivity index (χ1v) is 11.7. The molecule has 1 aliphatic heterocycles. The van der Waals surface area contributed by atoms with Crippen LogP contribution in [0.1, 0.15) is 18.1 Å². The van der Waals surface area contributed by atoms with Crippen LogP contribution in [-0.2, 0) is 16.0 Å². The molecule has 2 heterocycles. The van der Waals surface area contributed by atoms with E-state index in [1.165, 1.54) is 11.8 Å². The fourth-order valence-corrected chi connectivity index (χ4v) is 4.52. The quantitative estimate of drug-likeness (QED) is 0.331. The van der Waals surface area contributed by atoms with Crippen LogP contribution in [0, 0.1) is 0 Å². The number of fused-ring (bicyclic) bond motifs is 1. The van der Waals surface area contributed by atoms with Gasteiger partial charge in [-0.25, -0.2) is 4.99 Å². The number of aliphatic carboxylic acids is 1. The number of carboxylic acid groups (broad SMARTS) is 1. The van der Waals surface area contributed by atoms with E-state index in [0.717, 1.165) is 50.9 Å². The largest absolute Gasteiger partial charge is 1.00 e. The van der Waals surface area contributed by atoms with E-state index in [1.54, 1.807) is 13.3 Å². The molecule has 1 aliphatic rings. The van der Waals surface area contributed by atoms with Gasteiger partial charge in [0.05, 0.1) is 17.1 Å². The third-order valence-corrected chi connectivity index (χ3v) is 6.20. The smallest absolute Gasteiger partial charge is 0.664 e. The van der Waals surface area contributed by atoms with E-state index in [1.807, 2.05) is 60.7 Å². The van der Waals surface area contributed by atoms with Gasteiger partial charge in [-0.2, -0.15) is 6.20 Å². The van der Waals surface area contributed by atoms with Crippen molar-refractivity contribution in [2.75, 3.05) is 7.11 Å². The third kappa shape index (κ3) is 7.21. The minimum absolute atomic E-state index is 0. The number of carbonyl (C=O) groups is 2. The number of aliphatic imine (C=N–C) groups is 1. The monoisotopic (exact) mass is 506 g/mol. The summed E-state index contributed by atoms with van der Waals surface area (Å²) in [5.74, 6) is -0.167. The zero-order valence-electron chi connectivity index (χ0n) is 20.3. The number of carbonyl (C=O) groups excluding carboxylic acids is 1. The zero-order valence-corrected chi connectivity index (χ0v) is 23.1. The fraction of sp³-hybridized carbons (Fsp3) is 0.107. The predicted octanol–water partition coefficient (Wildman–Crippen LogP) is 2.82. The molecular formula is C28H23N2NaO4S. The van der Waals surface area contributed by atoms with Gasteiger partial charge in [0.15, 0.2) is 0 Å². The fourth-order valence-electron chi connectivity index (χ4n) is 3.57. The third-order valence-electron chi connectivity index (χ3n) is 5.21. The van der Waals surface area contributed by atoms with Crippen LogP contribution in [0.2, 0.25) is 0 Å². The van der Waals surface area contributed by atoms with Crippen molar-refractivity contribution < 1.29 is 49.0 Å². The summed E-state index contributed by atoms with van der Waals surface area (Å²) in [7, 11) is 1.66. The molecule has 0 bridgehead atoms. The maximum absolute atomic E-state index is 12.4. The van der Waals surface area contributed by atoms with E-state index in [9.17, 15) is 4.79 Å². The second-order valence-corrected chi connectivity index (χ2v) is 8.92. The van der Waals surface area contributed by atoms with Gasteiger partial charge in [0.2, 0.25) is 0 Å².